The number of amides is 1. The maximum atomic E-state index is 12.1. The third-order valence-electron chi connectivity index (χ3n) is 2.99. The molecule has 0 aromatic carbocycles. The SMILES string of the molecule is CCc1nn(C)cc1CNC(=O)c1cnccc1NN. The highest BCUT2D eigenvalue weighted by atomic mass is 16.1. The van der Waals surface area contributed by atoms with Crippen LogP contribution in [0.3, 0.4) is 0 Å². The summed E-state index contributed by atoms with van der Waals surface area (Å²) in [4.78, 5) is 16.1. The topological polar surface area (TPSA) is 97.9 Å². The summed E-state index contributed by atoms with van der Waals surface area (Å²) < 4.78 is 1.75. The second kappa shape index (κ2) is 6.16. The van der Waals surface area contributed by atoms with E-state index >= 15 is 0 Å². The maximum absolute atomic E-state index is 12.1. The molecule has 2 aromatic heterocycles. The van der Waals surface area contributed by atoms with Gasteiger partial charge in [0, 0.05) is 37.7 Å². The highest BCUT2D eigenvalue weighted by Gasteiger charge is 2.12. The minimum Gasteiger partial charge on any atom is -0.348 e. The number of rotatable bonds is 5. The van der Waals surface area contributed by atoms with Gasteiger partial charge in [0.15, 0.2) is 0 Å². The molecule has 0 aliphatic rings. The van der Waals surface area contributed by atoms with Gasteiger partial charge in [-0.05, 0) is 12.5 Å². The van der Waals surface area contributed by atoms with E-state index in [0.717, 1.165) is 17.7 Å². The quantitative estimate of drug-likeness (QED) is 0.547. The molecule has 0 spiro atoms. The smallest absolute Gasteiger partial charge is 0.255 e. The Balaban J connectivity index is 2.08. The number of hydrogen-bond donors (Lipinski definition) is 3. The minimum atomic E-state index is -0.225. The van der Waals surface area contributed by atoms with Crippen molar-refractivity contribution >= 4 is 11.6 Å². The van der Waals surface area contributed by atoms with Crippen molar-refractivity contribution in [3.8, 4) is 0 Å². The van der Waals surface area contributed by atoms with Gasteiger partial charge < -0.3 is 10.7 Å². The molecule has 2 heterocycles. The maximum Gasteiger partial charge on any atom is 0.255 e. The zero-order valence-corrected chi connectivity index (χ0v) is 11.6. The number of anilines is 1. The van der Waals surface area contributed by atoms with Crippen LogP contribution in [0.1, 0.15) is 28.5 Å². The summed E-state index contributed by atoms with van der Waals surface area (Å²) in [6.07, 6.45) is 5.79. The fourth-order valence-electron chi connectivity index (χ4n) is 2.00. The summed E-state index contributed by atoms with van der Waals surface area (Å²) in [7, 11) is 1.86. The van der Waals surface area contributed by atoms with Gasteiger partial charge in [0.25, 0.3) is 5.91 Å². The molecule has 2 aromatic rings. The zero-order chi connectivity index (χ0) is 14.5. The average Bonchev–Trinajstić information content (AvgIpc) is 2.84. The van der Waals surface area contributed by atoms with Crippen molar-refractivity contribution in [2.24, 2.45) is 12.9 Å². The van der Waals surface area contributed by atoms with Crippen molar-refractivity contribution in [2.75, 3.05) is 5.43 Å². The van der Waals surface area contributed by atoms with Crippen LogP contribution < -0.4 is 16.6 Å². The Hall–Kier alpha value is -2.41. The molecule has 0 aliphatic heterocycles. The van der Waals surface area contributed by atoms with E-state index < -0.39 is 0 Å². The lowest BCUT2D eigenvalue weighted by atomic mass is 10.2. The van der Waals surface area contributed by atoms with Crippen molar-refractivity contribution in [1.29, 1.82) is 0 Å². The molecule has 0 saturated heterocycles. The van der Waals surface area contributed by atoms with E-state index in [1.54, 1.807) is 16.9 Å². The van der Waals surface area contributed by atoms with Gasteiger partial charge in [0.1, 0.15) is 0 Å². The molecule has 0 aliphatic carbocycles. The van der Waals surface area contributed by atoms with E-state index in [9.17, 15) is 4.79 Å². The molecule has 0 radical (unpaired) electrons. The van der Waals surface area contributed by atoms with Crippen LogP contribution in [0.2, 0.25) is 0 Å². The number of pyridine rings is 1. The third-order valence-corrected chi connectivity index (χ3v) is 2.99. The highest BCUT2D eigenvalue weighted by molar-refractivity contribution is 5.99. The number of nitrogens with one attached hydrogen (secondary N) is 2. The summed E-state index contributed by atoms with van der Waals surface area (Å²) in [6.45, 7) is 2.46. The first-order valence-electron chi connectivity index (χ1n) is 6.36. The van der Waals surface area contributed by atoms with Gasteiger partial charge in [-0.15, -0.1) is 0 Å². The van der Waals surface area contributed by atoms with E-state index in [1.165, 1.54) is 6.20 Å². The molecule has 0 atom stereocenters. The molecule has 4 N–H and O–H groups in total. The van der Waals surface area contributed by atoms with E-state index in [0.29, 0.717) is 17.8 Å². The lowest BCUT2D eigenvalue weighted by molar-refractivity contribution is 0.0951. The molecule has 106 valence electrons. The summed E-state index contributed by atoms with van der Waals surface area (Å²) >= 11 is 0. The van der Waals surface area contributed by atoms with Crippen molar-refractivity contribution in [3.63, 3.8) is 0 Å². The normalized spacial score (nSPS) is 10.3. The first kappa shape index (κ1) is 14.0. The number of aryl methyl sites for hydroxylation is 2. The Labute approximate surface area is 117 Å². The molecule has 1 amide bonds. The average molecular weight is 274 g/mol. The standard InChI is InChI=1S/C13H18N6O/c1-3-11-9(8-19(2)18-11)6-16-13(20)10-7-15-5-4-12(10)17-14/h4-5,7-8H,3,6,14H2,1-2H3,(H,15,17)(H,16,20). The molecule has 7 nitrogen and oxygen atoms in total. The summed E-state index contributed by atoms with van der Waals surface area (Å²) in [5.41, 5.74) is 5.43. The van der Waals surface area contributed by atoms with Crippen molar-refractivity contribution in [3.05, 3.63) is 41.5 Å². The summed E-state index contributed by atoms with van der Waals surface area (Å²) in [5, 5.41) is 7.18. The molecular formula is C13H18N6O. The number of nitrogens with zero attached hydrogens (tertiary/aromatic N) is 3. The Morgan fingerprint density at radius 2 is 2.30 bits per heavy atom. The number of nitrogen functional groups attached to an aromatic ring is 1. The fraction of sp³-hybridized carbons (Fsp3) is 0.308. The van der Waals surface area contributed by atoms with Crippen LogP contribution in [-0.4, -0.2) is 20.7 Å². The fourth-order valence-corrected chi connectivity index (χ4v) is 2.00. The number of hydrazine groups is 1. The molecule has 0 fully saturated rings. The summed E-state index contributed by atoms with van der Waals surface area (Å²) in [5.74, 6) is 5.15. The van der Waals surface area contributed by atoms with Crippen LogP contribution in [0.4, 0.5) is 5.69 Å². The van der Waals surface area contributed by atoms with Gasteiger partial charge in [0.2, 0.25) is 0 Å². The predicted molar refractivity (Wildman–Crippen MR) is 75.8 cm³/mol. The van der Waals surface area contributed by atoms with Gasteiger partial charge >= 0.3 is 0 Å². The molecule has 20 heavy (non-hydrogen) atoms. The number of nitrogens with two attached hydrogens (primary N) is 1. The first-order valence-corrected chi connectivity index (χ1v) is 6.36. The Morgan fingerprint density at radius 3 is 3.00 bits per heavy atom. The van der Waals surface area contributed by atoms with Gasteiger partial charge in [0.05, 0.1) is 16.9 Å². The zero-order valence-electron chi connectivity index (χ0n) is 11.6. The van der Waals surface area contributed by atoms with Gasteiger partial charge in [-0.25, -0.2) is 0 Å². The van der Waals surface area contributed by atoms with Crippen LogP contribution in [0.15, 0.2) is 24.7 Å². The Kier molecular flexibility index (Phi) is 4.31. The van der Waals surface area contributed by atoms with Crippen molar-refractivity contribution in [2.45, 2.75) is 19.9 Å². The van der Waals surface area contributed by atoms with Crippen LogP contribution in [0, 0.1) is 0 Å². The number of aromatic nitrogens is 3. The Bertz CT molecular complexity index is 607. The third kappa shape index (κ3) is 2.94. The minimum absolute atomic E-state index is 0.225. The van der Waals surface area contributed by atoms with Crippen LogP contribution in [0.5, 0.6) is 0 Å². The predicted octanol–water partition coefficient (Wildman–Crippen LogP) is 0.593. The van der Waals surface area contributed by atoms with Crippen LogP contribution in [0.25, 0.3) is 0 Å². The van der Waals surface area contributed by atoms with E-state index in [1.807, 2.05) is 20.2 Å². The largest absolute Gasteiger partial charge is 0.348 e. The lowest BCUT2D eigenvalue weighted by Crippen LogP contribution is -2.25. The molecule has 7 heteroatoms. The van der Waals surface area contributed by atoms with Crippen LogP contribution in [-0.2, 0) is 20.0 Å². The van der Waals surface area contributed by atoms with Crippen molar-refractivity contribution in [1.82, 2.24) is 20.1 Å². The van der Waals surface area contributed by atoms with E-state index in [-0.39, 0.29) is 5.91 Å². The number of hydrogen-bond acceptors (Lipinski definition) is 5. The monoisotopic (exact) mass is 274 g/mol. The second-order valence-corrected chi connectivity index (χ2v) is 4.38. The molecule has 2 rings (SSSR count). The van der Waals surface area contributed by atoms with E-state index in [2.05, 4.69) is 20.8 Å². The van der Waals surface area contributed by atoms with Crippen molar-refractivity contribution < 1.29 is 4.79 Å². The first-order chi connectivity index (χ1) is 9.65. The molecular weight excluding hydrogens is 256 g/mol. The number of carbonyl (C=O) groups is 1. The van der Waals surface area contributed by atoms with Gasteiger partial charge in [-0.3, -0.25) is 20.3 Å². The van der Waals surface area contributed by atoms with Crippen LogP contribution >= 0.6 is 0 Å². The molecule has 0 bridgehead atoms. The van der Waals surface area contributed by atoms with Gasteiger partial charge in [-0.1, -0.05) is 6.92 Å². The molecule has 0 unspecified atom stereocenters. The van der Waals surface area contributed by atoms with Gasteiger partial charge in [-0.2, -0.15) is 5.10 Å². The second-order valence-electron chi connectivity index (χ2n) is 4.38. The number of carbonyl (C=O) groups excluding carboxylic acids is 1. The molecule has 0 saturated carbocycles. The van der Waals surface area contributed by atoms with E-state index in [4.69, 9.17) is 5.84 Å². The lowest BCUT2D eigenvalue weighted by Gasteiger charge is -2.08. The summed E-state index contributed by atoms with van der Waals surface area (Å²) in [6, 6.07) is 1.65. The Morgan fingerprint density at radius 1 is 1.50 bits per heavy atom. The highest BCUT2D eigenvalue weighted by Crippen LogP contribution is 2.12.